The molecular weight excluding hydrogens is 254 g/mol. The van der Waals surface area contributed by atoms with Gasteiger partial charge in [0.25, 0.3) is 5.56 Å². The number of hydrogen-bond acceptors (Lipinski definition) is 2. The fraction of sp³-hybridized carbons (Fsp3) is 0.0769. The first-order valence-electron chi connectivity index (χ1n) is 5.22. The quantitative estimate of drug-likeness (QED) is 0.906. The summed E-state index contributed by atoms with van der Waals surface area (Å²) >= 11 is 5.99. The van der Waals surface area contributed by atoms with Gasteiger partial charge in [0, 0.05) is 11.2 Å². The monoisotopic (exact) mass is 263 g/mol. The molecule has 0 unspecified atom stereocenters. The average Bonchev–Trinajstić information content (AvgIpc) is 2.33. The van der Waals surface area contributed by atoms with Crippen LogP contribution in [-0.4, -0.2) is 15.6 Å². The van der Waals surface area contributed by atoms with E-state index in [4.69, 9.17) is 16.7 Å². The summed E-state index contributed by atoms with van der Waals surface area (Å²) in [6, 6.07) is 7.91. The number of halogens is 1. The highest BCUT2D eigenvalue weighted by Gasteiger charge is 2.11. The van der Waals surface area contributed by atoms with E-state index >= 15 is 0 Å². The molecule has 1 heterocycles. The van der Waals surface area contributed by atoms with Gasteiger partial charge in [-0.15, -0.1) is 0 Å². The predicted molar refractivity (Wildman–Crippen MR) is 68.7 cm³/mol. The van der Waals surface area contributed by atoms with Crippen LogP contribution in [0.1, 0.15) is 15.9 Å². The van der Waals surface area contributed by atoms with Crippen molar-refractivity contribution in [3.63, 3.8) is 0 Å². The van der Waals surface area contributed by atoms with E-state index < -0.39 is 11.5 Å². The van der Waals surface area contributed by atoms with Gasteiger partial charge in [0.15, 0.2) is 0 Å². The van der Waals surface area contributed by atoms with Crippen molar-refractivity contribution < 1.29 is 9.90 Å². The molecule has 0 spiro atoms. The molecule has 0 aliphatic rings. The van der Waals surface area contributed by atoms with E-state index in [-0.39, 0.29) is 5.56 Å². The van der Waals surface area contributed by atoms with E-state index in [2.05, 4.69) is 0 Å². The number of aromatic carboxylic acids is 1. The van der Waals surface area contributed by atoms with Gasteiger partial charge in [-0.3, -0.25) is 9.36 Å². The highest BCUT2D eigenvalue weighted by Crippen LogP contribution is 2.18. The minimum absolute atomic E-state index is 0.269. The minimum Gasteiger partial charge on any atom is -0.477 e. The van der Waals surface area contributed by atoms with Crippen molar-refractivity contribution in [2.75, 3.05) is 0 Å². The Labute approximate surface area is 108 Å². The number of carbonyl (C=O) groups is 1. The second-order valence-corrected chi connectivity index (χ2v) is 4.24. The van der Waals surface area contributed by atoms with E-state index in [9.17, 15) is 9.59 Å². The molecule has 1 aromatic heterocycles. The van der Waals surface area contributed by atoms with Gasteiger partial charge in [0.2, 0.25) is 0 Å². The Morgan fingerprint density at radius 1 is 1.33 bits per heavy atom. The van der Waals surface area contributed by atoms with Gasteiger partial charge in [-0.05, 0) is 36.8 Å². The van der Waals surface area contributed by atoms with Crippen molar-refractivity contribution >= 4 is 17.6 Å². The lowest BCUT2D eigenvalue weighted by atomic mass is 10.2. The van der Waals surface area contributed by atoms with Crippen LogP contribution in [0, 0.1) is 6.92 Å². The summed E-state index contributed by atoms with van der Waals surface area (Å²) in [5.41, 5.74) is 0.584. The molecule has 18 heavy (non-hydrogen) atoms. The third kappa shape index (κ3) is 2.15. The maximum absolute atomic E-state index is 11.9. The zero-order valence-corrected chi connectivity index (χ0v) is 10.3. The van der Waals surface area contributed by atoms with Crippen molar-refractivity contribution in [1.82, 2.24) is 4.57 Å². The average molecular weight is 264 g/mol. The Hall–Kier alpha value is -2.07. The van der Waals surface area contributed by atoms with Crippen molar-refractivity contribution in [2.24, 2.45) is 0 Å². The lowest BCUT2D eigenvalue weighted by Crippen LogP contribution is -2.24. The third-order valence-electron chi connectivity index (χ3n) is 2.61. The highest BCUT2D eigenvalue weighted by molar-refractivity contribution is 6.31. The van der Waals surface area contributed by atoms with E-state index in [1.165, 1.54) is 22.9 Å². The minimum atomic E-state index is -1.24. The molecule has 2 aromatic rings. The highest BCUT2D eigenvalue weighted by atomic mass is 35.5. The van der Waals surface area contributed by atoms with Gasteiger partial charge in [0.05, 0.1) is 5.69 Å². The molecule has 0 aliphatic heterocycles. The number of pyridine rings is 1. The third-order valence-corrected chi connectivity index (χ3v) is 3.02. The summed E-state index contributed by atoms with van der Waals surface area (Å²) in [5.74, 6) is -1.24. The summed E-state index contributed by atoms with van der Waals surface area (Å²) < 4.78 is 1.26. The molecule has 0 saturated carbocycles. The van der Waals surface area contributed by atoms with Gasteiger partial charge in [-0.25, -0.2) is 4.79 Å². The van der Waals surface area contributed by atoms with Crippen LogP contribution in [0.3, 0.4) is 0 Å². The SMILES string of the molecule is Cc1ccc(-n2cccc(C(=O)O)c2=O)cc1Cl. The number of aryl methyl sites for hydroxylation is 1. The zero-order valence-electron chi connectivity index (χ0n) is 9.55. The van der Waals surface area contributed by atoms with Crippen LogP contribution in [0.5, 0.6) is 0 Å². The number of hydrogen-bond donors (Lipinski definition) is 1. The van der Waals surface area contributed by atoms with Gasteiger partial charge in [0.1, 0.15) is 5.56 Å². The molecule has 5 heteroatoms. The second kappa shape index (κ2) is 4.66. The van der Waals surface area contributed by atoms with Crippen molar-refractivity contribution in [2.45, 2.75) is 6.92 Å². The van der Waals surface area contributed by atoms with E-state index in [1.807, 2.05) is 6.92 Å². The molecule has 0 saturated heterocycles. The largest absolute Gasteiger partial charge is 0.477 e. The first kappa shape index (κ1) is 12.4. The van der Waals surface area contributed by atoms with Crippen LogP contribution >= 0.6 is 11.6 Å². The number of benzene rings is 1. The normalized spacial score (nSPS) is 10.3. The predicted octanol–water partition coefficient (Wildman–Crippen LogP) is 2.50. The van der Waals surface area contributed by atoms with Gasteiger partial charge in [-0.1, -0.05) is 17.7 Å². The molecule has 0 atom stereocenters. The number of carboxylic acids is 1. The summed E-state index contributed by atoms with van der Waals surface area (Å²) in [7, 11) is 0. The molecule has 0 fully saturated rings. The van der Waals surface area contributed by atoms with Crippen LogP contribution in [0.25, 0.3) is 5.69 Å². The van der Waals surface area contributed by atoms with Crippen LogP contribution < -0.4 is 5.56 Å². The molecule has 1 N–H and O–H groups in total. The number of aromatic nitrogens is 1. The van der Waals surface area contributed by atoms with Crippen LogP contribution in [0.15, 0.2) is 41.3 Å². The molecule has 0 radical (unpaired) electrons. The smallest absolute Gasteiger partial charge is 0.341 e. The summed E-state index contributed by atoms with van der Waals surface area (Å²) in [4.78, 5) is 22.8. The molecule has 1 aromatic carbocycles. The molecule has 2 rings (SSSR count). The number of nitrogens with zero attached hydrogens (tertiary/aromatic N) is 1. The van der Waals surface area contributed by atoms with Crippen molar-refractivity contribution in [3.8, 4) is 5.69 Å². The molecule has 0 bridgehead atoms. The summed E-state index contributed by atoms with van der Waals surface area (Å²) in [6.45, 7) is 1.85. The first-order valence-corrected chi connectivity index (χ1v) is 5.60. The lowest BCUT2D eigenvalue weighted by molar-refractivity contribution is 0.0694. The second-order valence-electron chi connectivity index (χ2n) is 3.84. The fourth-order valence-corrected chi connectivity index (χ4v) is 1.77. The van der Waals surface area contributed by atoms with Crippen LogP contribution in [0.4, 0.5) is 0 Å². The maximum atomic E-state index is 11.9. The first-order chi connectivity index (χ1) is 8.50. The lowest BCUT2D eigenvalue weighted by Gasteiger charge is -2.08. The van der Waals surface area contributed by atoms with Crippen LogP contribution in [0.2, 0.25) is 5.02 Å². The standard InChI is InChI=1S/C13H10ClNO3/c1-8-4-5-9(7-11(8)14)15-6-2-3-10(12(15)16)13(17)18/h2-7H,1H3,(H,17,18). The van der Waals surface area contributed by atoms with Crippen LogP contribution in [-0.2, 0) is 0 Å². The number of rotatable bonds is 2. The van der Waals surface area contributed by atoms with Gasteiger partial charge in [-0.2, -0.15) is 0 Å². The Morgan fingerprint density at radius 2 is 2.06 bits per heavy atom. The van der Waals surface area contributed by atoms with E-state index in [0.29, 0.717) is 10.7 Å². The van der Waals surface area contributed by atoms with Gasteiger partial charge >= 0.3 is 5.97 Å². The zero-order chi connectivity index (χ0) is 13.3. The van der Waals surface area contributed by atoms with E-state index in [0.717, 1.165) is 5.56 Å². The molecule has 4 nitrogen and oxygen atoms in total. The summed E-state index contributed by atoms with van der Waals surface area (Å²) in [5, 5.41) is 9.42. The Bertz CT molecular complexity index is 676. The molecule has 0 amide bonds. The Kier molecular flexibility index (Phi) is 3.21. The maximum Gasteiger partial charge on any atom is 0.341 e. The fourth-order valence-electron chi connectivity index (χ4n) is 1.59. The molecular formula is C13H10ClNO3. The Balaban J connectivity index is 2.65. The number of carboxylic acid groups (broad SMARTS) is 1. The molecule has 92 valence electrons. The van der Waals surface area contributed by atoms with Crippen molar-refractivity contribution in [3.05, 3.63) is 63.0 Å². The Morgan fingerprint density at radius 3 is 2.67 bits per heavy atom. The van der Waals surface area contributed by atoms with E-state index in [1.54, 1.807) is 18.2 Å². The molecule has 0 aliphatic carbocycles. The summed E-state index contributed by atoms with van der Waals surface area (Å²) in [6.07, 6.45) is 1.51. The van der Waals surface area contributed by atoms with Crippen molar-refractivity contribution in [1.29, 1.82) is 0 Å². The van der Waals surface area contributed by atoms with Gasteiger partial charge < -0.3 is 5.11 Å². The topological polar surface area (TPSA) is 59.3 Å².